The molecule has 0 fully saturated rings. The van der Waals surface area contributed by atoms with Crippen LogP contribution in [-0.4, -0.2) is 24.1 Å². The molecule has 0 aliphatic heterocycles. The maximum absolute atomic E-state index is 5.15. The van der Waals surface area contributed by atoms with Crippen LogP contribution in [0, 0.1) is 0 Å². The van der Waals surface area contributed by atoms with Crippen LogP contribution in [-0.2, 0) is 0 Å². The van der Waals surface area contributed by atoms with Gasteiger partial charge in [-0.3, -0.25) is 0 Å². The molecule has 10 aromatic rings. The van der Waals surface area contributed by atoms with Crippen LogP contribution in [0.4, 0.5) is 0 Å². The van der Waals surface area contributed by atoms with E-state index >= 15 is 0 Å². The molecule has 234 valence electrons. The normalized spacial score (nSPS) is 11.6. The molecule has 0 spiro atoms. The quantitative estimate of drug-likeness (QED) is 0.188. The molecule has 50 heavy (non-hydrogen) atoms. The third-order valence-corrected chi connectivity index (χ3v) is 9.57. The van der Waals surface area contributed by atoms with Gasteiger partial charge in [0.05, 0.1) is 27.8 Å². The van der Waals surface area contributed by atoms with Crippen LogP contribution in [0.5, 0.6) is 0 Å². The number of aromatic nitrogens is 5. The Labute approximate surface area is 288 Å². The summed E-state index contributed by atoms with van der Waals surface area (Å²) in [5.74, 6) is 1.89. The predicted octanol–water partition coefficient (Wildman–Crippen LogP) is 11.1. The van der Waals surface area contributed by atoms with Crippen molar-refractivity contribution in [2.75, 3.05) is 0 Å². The van der Waals surface area contributed by atoms with Crippen molar-refractivity contribution in [3.05, 3.63) is 176 Å². The number of rotatable bonds is 5. The van der Waals surface area contributed by atoms with Crippen LogP contribution in [0.25, 0.3) is 89.2 Å². The van der Waals surface area contributed by atoms with Gasteiger partial charge in [0.1, 0.15) is 0 Å². The van der Waals surface area contributed by atoms with Gasteiger partial charge in [-0.1, -0.05) is 140 Å². The summed E-state index contributed by atoms with van der Waals surface area (Å²) in [5, 5.41) is 4.80. The maximum Gasteiger partial charge on any atom is 0.166 e. The monoisotopic (exact) mass is 639 g/mol. The van der Waals surface area contributed by atoms with Gasteiger partial charge in [-0.25, -0.2) is 15.0 Å². The number of hydrogen-bond acceptors (Lipinski definition) is 3. The van der Waals surface area contributed by atoms with Gasteiger partial charge in [0.2, 0.25) is 0 Å². The third kappa shape index (κ3) is 4.37. The fraction of sp³-hybridized carbons (Fsp3) is 0. The lowest BCUT2D eigenvalue weighted by Crippen LogP contribution is -2.04. The van der Waals surface area contributed by atoms with E-state index in [0.717, 1.165) is 44.6 Å². The van der Waals surface area contributed by atoms with E-state index in [0.29, 0.717) is 17.5 Å². The van der Waals surface area contributed by atoms with E-state index in [2.05, 4.69) is 124 Å². The van der Waals surface area contributed by atoms with E-state index < -0.39 is 0 Å². The summed E-state index contributed by atoms with van der Waals surface area (Å²) in [6.45, 7) is 0. The van der Waals surface area contributed by atoms with E-state index in [4.69, 9.17) is 15.0 Å². The Morgan fingerprint density at radius 1 is 0.320 bits per heavy atom. The number of benzene rings is 7. The molecule has 10 rings (SSSR count). The molecule has 3 aromatic heterocycles. The molecule has 0 saturated carbocycles. The second-order valence-electron chi connectivity index (χ2n) is 12.5. The van der Waals surface area contributed by atoms with Gasteiger partial charge in [-0.05, 0) is 36.4 Å². The van der Waals surface area contributed by atoms with Gasteiger partial charge >= 0.3 is 0 Å². The first-order valence-electron chi connectivity index (χ1n) is 16.8. The lowest BCUT2D eigenvalue weighted by Gasteiger charge is -2.16. The standard InChI is InChI=1S/C45H29N5/c1-4-16-30(17-5-1)43-46-44(31-18-6-2-7-19-31)48-45(47-43)37-24-12-15-27-40(37)50-39-26-14-11-23-34(39)36-29-28-35-33-22-10-13-25-38(33)49(41(35)42(36)50)32-20-8-3-9-21-32/h1-29H. The van der Waals surface area contributed by atoms with E-state index in [-0.39, 0.29) is 0 Å². The highest BCUT2D eigenvalue weighted by Gasteiger charge is 2.23. The van der Waals surface area contributed by atoms with Crippen LogP contribution in [0.2, 0.25) is 0 Å². The van der Waals surface area contributed by atoms with Crippen molar-refractivity contribution >= 4 is 43.6 Å². The second kappa shape index (κ2) is 11.4. The number of fused-ring (bicyclic) bond motifs is 7. The largest absolute Gasteiger partial charge is 0.307 e. The third-order valence-electron chi connectivity index (χ3n) is 9.57. The van der Waals surface area contributed by atoms with Gasteiger partial charge in [0, 0.05) is 43.9 Å². The van der Waals surface area contributed by atoms with Crippen molar-refractivity contribution in [1.82, 2.24) is 24.1 Å². The molecule has 0 amide bonds. The highest BCUT2D eigenvalue weighted by molar-refractivity contribution is 6.24. The van der Waals surface area contributed by atoms with E-state index in [1.165, 1.54) is 27.1 Å². The molecular formula is C45H29N5. The summed E-state index contributed by atoms with van der Waals surface area (Å²) >= 11 is 0. The summed E-state index contributed by atoms with van der Waals surface area (Å²) in [7, 11) is 0. The molecule has 0 aliphatic rings. The Hall–Kier alpha value is -6.85. The lowest BCUT2D eigenvalue weighted by molar-refractivity contribution is 1.06. The Balaban J connectivity index is 1.33. The summed E-state index contributed by atoms with van der Waals surface area (Å²) in [6.07, 6.45) is 0. The molecule has 0 bridgehead atoms. The van der Waals surface area contributed by atoms with Crippen LogP contribution in [0.1, 0.15) is 0 Å². The van der Waals surface area contributed by atoms with Crippen LogP contribution in [0.15, 0.2) is 176 Å². The first-order valence-corrected chi connectivity index (χ1v) is 16.8. The Morgan fingerprint density at radius 2 is 0.760 bits per heavy atom. The number of para-hydroxylation sites is 4. The van der Waals surface area contributed by atoms with Crippen molar-refractivity contribution in [2.24, 2.45) is 0 Å². The van der Waals surface area contributed by atoms with Gasteiger partial charge in [0.15, 0.2) is 17.5 Å². The second-order valence-corrected chi connectivity index (χ2v) is 12.5. The summed E-state index contributed by atoms with van der Waals surface area (Å²) in [4.78, 5) is 15.3. The Morgan fingerprint density at radius 3 is 1.36 bits per heavy atom. The van der Waals surface area contributed by atoms with E-state index in [1.54, 1.807) is 0 Å². The minimum Gasteiger partial charge on any atom is -0.307 e. The summed E-state index contributed by atoms with van der Waals surface area (Å²) < 4.78 is 4.82. The van der Waals surface area contributed by atoms with Crippen LogP contribution >= 0.6 is 0 Å². The van der Waals surface area contributed by atoms with Gasteiger partial charge in [0.25, 0.3) is 0 Å². The smallest absolute Gasteiger partial charge is 0.166 e. The van der Waals surface area contributed by atoms with Gasteiger partial charge in [-0.15, -0.1) is 0 Å². The first kappa shape index (κ1) is 28.2. The average Bonchev–Trinajstić information content (AvgIpc) is 3.72. The zero-order chi connectivity index (χ0) is 33.0. The highest BCUT2D eigenvalue weighted by atomic mass is 15.1. The van der Waals surface area contributed by atoms with Crippen molar-refractivity contribution in [3.8, 4) is 45.5 Å². The Kier molecular flexibility index (Phi) is 6.42. The predicted molar refractivity (Wildman–Crippen MR) is 205 cm³/mol. The molecule has 0 aliphatic carbocycles. The summed E-state index contributed by atoms with van der Waals surface area (Å²) in [5.41, 5.74) is 9.51. The minimum absolute atomic E-state index is 0.620. The zero-order valence-electron chi connectivity index (χ0n) is 27.0. The van der Waals surface area contributed by atoms with Crippen molar-refractivity contribution < 1.29 is 0 Å². The molecule has 5 heteroatoms. The lowest BCUT2D eigenvalue weighted by atomic mass is 10.1. The molecule has 0 N–H and O–H groups in total. The van der Waals surface area contributed by atoms with Crippen molar-refractivity contribution in [2.45, 2.75) is 0 Å². The minimum atomic E-state index is 0.620. The van der Waals surface area contributed by atoms with Gasteiger partial charge in [-0.2, -0.15) is 0 Å². The fourth-order valence-electron chi connectivity index (χ4n) is 7.38. The molecule has 0 unspecified atom stereocenters. The topological polar surface area (TPSA) is 48.5 Å². The average molecular weight is 640 g/mol. The molecule has 7 aromatic carbocycles. The van der Waals surface area contributed by atoms with Crippen molar-refractivity contribution in [3.63, 3.8) is 0 Å². The van der Waals surface area contributed by atoms with E-state index in [9.17, 15) is 0 Å². The van der Waals surface area contributed by atoms with E-state index in [1.807, 2.05) is 60.7 Å². The highest BCUT2D eigenvalue weighted by Crippen LogP contribution is 2.43. The van der Waals surface area contributed by atoms with Crippen molar-refractivity contribution in [1.29, 1.82) is 0 Å². The fourth-order valence-corrected chi connectivity index (χ4v) is 7.38. The Bertz CT molecular complexity index is 2800. The number of hydrogen-bond donors (Lipinski definition) is 0. The summed E-state index contributed by atoms with van der Waals surface area (Å²) in [6, 6.07) is 61.4. The molecule has 3 heterocycles. The molecule has 0 radical (unpaired) electrons. The van der Waals surface area contributed by atoms with Gasteiger partial charge < -0.3 is 9.13 Å². The molecule has 5 nitrogen and oxygen atoms in total. The zero-order valence-corrected chi connectivity index (χ0v) is 27.0. The number of nitrogens with zero attached hydrogens (tertiary/aromatic N) is 5. The molecule has 0 saturated heterocycles. The maximum atomic E-state index is 5.15. The van der Waals surface area contributed by atoms with Crippen LogP contribution in [0.3, 0.4) is 0 Å². The first-order chi connectivity index (χ1) is 24.8. The van der Waals surface area contributed by atoms with Crippen LogP contribution < -0.4 is 0 Å². The SMILES string of the molecule is c1ccc(-c2nc(-c3ccccc3)nc(-c3ccccc3-n3c4ccccc4c4ccc5c6ccccc6n(-c6ccccc6)c5c43)n2)cc1. The molecular weight excluding hydrogens is 611 g/mol. The molecule has 0 atom stereocenters.